The second kappa shape index (κ2) is 6.33. The lowest BCUT2D eigenvalue weighted by Crippen LogP contribution is -2.47. The second-order valence-electron chi connectivity index (χ2n) is 4.63. The molecule has 2 N–H and O–H groups in total. The number of hydrogen-bond acceptors (Lipinski definition) is 5. The Morgan fingerprint density at radius 2 is 2.25 bits per heavy atom. The lowest BCUT2D eigenvalue weighted by Gasteiger charge is -2.31. The third kappa shape index (κ3) is 3.56. The van der Waals surface area contributed by atoms with E-state index < -0.39 is 10.0 Å². The predicted octanol–water partition coefficient (Wildman–Crippen LogP) is -0.675. The molecule has 0 saturated carbocycles. The first-order chi connectivity index (χ1) is 9.53. The molecule has 0 bridgehead atoms. The van der Waals surface area contributed by atoms with Crippen molar-refractivity contribution in [1.29, 1.82) is 0 Å². The van der Waals surface area contributed by atoms with Crippen molar-refractivity contribution in [3.8, 4) is 0 Å². The van der Waals surface area contributed by atoms with Crippen LogP contribution in [0.15, 0.2) is 17.6 Å². The van der Waals surface area contributed by atoms with Gasteiger partial charge in [-0.1, -0.05) is 0 Å². The minimum atomic E-state index is -3.56. The van der Waals surface area contributed by atoms with Gasteiger partial charge >= 0.3 is 0 Å². The number of carbonyl (C=O) groups is 1. The highest BCUT2D eigenvalue weighted by molar-refractivity contribution is 7.89. The number of piperidine rings is 1. The number of rotatable bonds is 5. The topological polar surface area (TPSA) is 104 Å². The number of nitrogens with one attached hydrogen (secondary N) is 2. The lowest BCUT2D eigenvalue weighted by atomic mass is 10.1. The van der Waals surface area contributed by atoms with Gasteiger partial charge in [0.15, 0.2) is 5.03 Å². The van der Waals surface area contributed by atoms with E-state index >= 15 is 0 Å². The van der Waals surface area contributed by atoms with Crippen molar-refractivity contribution in [3.63, 3.8) is 0 Å². The van der Waals surface area contributed by atoms with Gasteiger partial charge in [0.05, 0.1) is 12.5 Å². The van der Waals surface area contributed by atoms with Crippen LogP contribution in [-0.4, -0.2) is 62.0 Å². The van der Waals surface area contributed by atoms with E-state index in [0.29, 0.717) is 25.9 Å². The normalized spacial score (nSPS) is 17.4. The molecule has 1 amide bonds. The Kier molecular flexibility index (Phi) is 4.73. The molecule has 0 atom stereocenters. The zero-order valence-corrected chi connectivity index (χ0v) is 12.0. The van der Waals surface area contributed by atoms with E-state index in [4.69, 9.17) is 4.74 Å². The van der Waals surface area contributed by atoms with Gasteiger partial charge in [0.25, 0.3) is 10.0 Å². The van der Waals surface area contributed by atoms with E-state index in [1.54, 1.807) is 4.90 Å². The highest BCUT2D eigenvalue weighted by Gasteiger charge is 2.27. The summed E-state index contributed by atoms with van der Waals surface area (Å²) in [4.78, 5) is 19.6. The van der Waals surface area contributed by atoms with Crippen LogP contribution in [-0.2, 0) is 19.6 Å². The van der Waals surface area contributed by atoms with Gasteiger partial charge in [-0.05, 0) is 12.8 Å². The number of nitrogens with zero attached hydrogens (tertiary/aromatic N) is 2. The summed E-state index contributed by atoms with van der Waals surface area (Å²) >= 11 is 0. The van der Waals surface area contributed by atoms with Gasteiger partial charge in [0.1, 0.15) is 6.61 Å². The van der Waals surface area contributed by atoms with E-state index in [-0.39, 0.29) is 23.6 Å². The van der Waals surface area contributed by atoms with Crippen molar-refractivity contribution in [3.05, 3.63) is 12.5 Å². The molecule has 2 rings (SSSR count). The molecule has 2 heterocycles. The maximum absolute atomic E-state index is 12.0. The third-order valence-corrected chi connectivity index (χ3v) is 4.65. The maximum Gasteiger partial charge on any atom is 0.257 e. The van der Waals surface area contributed by atoms with Crippen LogP contribution in [0.5, 0.6) is 0 Å². The number of aromatic amines is 1. The van der Waals surface area contributed by atoms with E-state index in [1.807, 2.05) is 0 Å². The molecule has 0 spiro atoms. The summed E-state index contributed by atoms with van der Waals surface area (Å²) in [6, 6.07) is -0.171. The Hall–Kier alpha value is -1.45. The number of aromatic nitrogens is 2. The van der Waals surface area contributed by atoms with Crippen LogP contribution >= 0.6 is 0 Å². The SMILES string of the molecule is COCC(=O)N1CCC(NS(=O)(=O)c2cnc[nH]2)CC1. The van der Waals surface area contributed by atoms with Gasteiger partial charge in [0, 0.05) is 26.2 Å². The fourth-order valence-corrected chi connectivity index (χ4v) is 3.34. The van der Waals surface area contributed by atoms with E-state index in [2.05, 4.69) is 14.7 Å². The van der Waals surface area contributed by atoms with Crippen LogP contribution < -0.4 is 4.72 Å². The highest BCUT2D eigenvalue weighted by Crippen LogP contribution is 2.13. The molecule has 1 aromatic rings. The molecule has 8 nitrogen and oxygen atoms in total. The van der Waals surface area contributed by atoms with Crippen LogP contribution in [0.3, 0.4) is 0 Å². The molecule has 1 fully saturated rings. The molecule has 1 saturated heterocycles. The van der Waals surface area contributed by atoms with Gasteiger partial charge < -0.3 is 14.6 Å². The van der Waals surface area contributed by atoms with Gasteiger partial charge in [-0.3, -0.25) is 4.79 Å². The summed E-state index contributed by atoms with van der Waals surface area (Å²) in [6.45, 7) is 1.11. The minimum absolute atomic E-state index is 0.0513. The van der Waals surface area contributed by atoms with Crippen molar-refractivity contribution in [2.75, 3.05) is 26.8 Å². The molecule has 112 valence electrons. The monoisotopic (exact) mass is 302 g/mol. The summed E-state index contributed by atoms with van der Waals surface area (Å²) < 4.78 is 31.4. The summed E-state index contributed by atoms with van der Waals surface area (Å²) in [5, 5.41) is 0.0513. The number of hydrogen-bond donors (Lipinski definition) is 2. The largest absolute Gasteiger partial charge is 0.375 e. The quantitative estimate of drug-likeness (QED) is 0.750. The maximum atomic E-state index is 12.0. The number of carbonyl (C=O) groups excluding carboxylic acids is 1. The molecule has 20 heavy (non-hydrogen) atoms. The smallest absolute Gasteiger partial charge is 0.257 e. The first kappa shape index (κ1) is 14.9. The Morgan fingerprint density at radius 1 is 1.55 bits per heavy atom. The molecule has 0 radical (unpaired) electrons. The summed E-state index contributed by atoms with van der Waals surface area (Å²) in [7, 11) is -2.09. The van der Waals surface area contributed by atoms with Crippen molar-refractivity contribution in [2.24, 2.45) is 0 Å². The molecular weight excluding hydrogens is 284 g/mol. The second-order valence-corrected chi connectivity index (χ2v) is 6.31. The predicted molar refractivity (Wildman–Crippen MR) is 70.4 cm³/mol. The Morgan fingerprint density at radius 3 is 2.80 bits per heavy atom. The molecular formula is C11H18N4O4S. The molecule has 0 unspecified atom stereocenters. The number of sulfonamides is 1. The van der Waals surface area contributed by atoms with Crippen LogP contribution in [0, 0.1) is 0 Å². The van der Waals surface area contributed by atoms with Crippen molar-refractivity contribution in [1.82, 2.24) is 19.6 Å². The first-order valence-corrected chi connectivity index (χ1v) is 7.78. The zero-order chi connectivity index (χ0) is 14.6. The average Bonchev–Trinajstić information content (AvgIpc) is 2.94. The Labute approximate surface area is 117 Å². The van der Waals surface area contributed by atoms with Gasteiger partial charge in [-0.15, -0.1) is 0 Å². The summed E-state index contributed by atoms with van der Waals surface area (Å²) in [6.07, 6.45) is 3.76. The van der Waals surface area contributed by atoms with Gasteiger partial charge in [0.2, 0.25) is 5.91 Å². The fraction of sp³-hybridized carbons (Fsp3) is 0.636. The van der Waals surface area contributed by atoms with Crippen LogP contribution in [0.2, 0.25) is 0 Å². The molecule has 0 aromatic carbocycles. The lowest BCUT2D eigenvalue weighted by molar-refractivity contribution is -0.136. The Bertz CT molecular complexity index is 535. The molecule has 9 heteroatoms. The number of H-pyrrole nitrogens is 1. The van der Waals surface area contributed by atoms with Crippen molar-refractivity contribution >= 4 is 15.9 Å². The molecule has 1 aromatic heterocycles. The fourth-order valence-electron chi connectivity index (χ4n) is 2.13. The zero-order valence-electron chi connectivity index (χ0n) is 11.2. The summed E-state index contributed by atoms with van der Waals surface area (Å²) in [5.74, 6) is -0.0672. The van der Waals surface area contributed by atoms with Crippen LogP contribution in [0.1, 0.15) is 12.8 Å². The molecule has 1 aliphatic rings. The van der Waals surface area contributed by atoms with E-state index in [0.717, 1.165) is 0 Å². The molecule has 1 aliphatic heterocycles. The van der Waals surface area contributed by atoms with Crippen LogP contribution in [0.25, 0.3) is 0 Å². The number of ether oxygens (including phenoxy) is 1. The van der Waals surface area contributed by atoms with E-state index in [1.165, 1.54) is 19.6 Å². The van der Waals surface area contributed by atoms with E-state index in [9.17, 15) is 13.2 Å². The highest BCUT2D eigenvalue weighted by atomic mass is 32.2. The van der Waals surface area contributed by atoms with Gasteiger partial charge in [-0.2, -0.15) is 0 Å². The molecule has 0 aliphatic carbocycles. The number of likely N-dealkylation sites (tertiary alicyclic amines) is 1. The Balaban J connectivity index is 1.87. The van der Waals surface area contributed by atoms with Crippen molar-refractivity contribution < 1.29 is 17.9 Å². The number of methoxy groups -OCH3 is 1. The minimum Gasteiger partial charge on any atom is -0.375 e. The summed E-state index contributed by atoms with van der Waals surface area (Å²) in [5.41, 5.74) is 0. The number of amides is 1. The first-order valence-electron chi connectivity index (χ1n) is 6.30. The number of imidazole rings is 1. The van der Waals surface area contributed by atoms with Crippen LogP contribution in [0.4, 0.5) is 0 Å². The average molecular weight is 302 g/mol. The standard InChI is InChI=1S/C11H18N4O4S/c1-19-7-11(16)15-4-2-9(3-5-15)14-20(17,18)10-6-12-8-13-10/h6,8-9,14H,2-5,7H2,1H3,(H,12,13). The van der Waals surface area contributed by atoms with Crippen molar-refractivity contribution in [2.45, 2.75) is 23.9 Å². The third-order valence-electron chi connectivity index (χ3n) is 3.20. The van der Waals surface area contributed by atoms with Gasteiger partial charge in [-0.25, -0.2) is 18.1 Å².